The van der Waals surface area contributed by atoms with E-state index in [0.717, 1.165) is 22.4 Å². The molecule has 5 rings (SSSR count). The van der Waals surface area contributed by atoms with Gasteiger partial charge in [0.05, 0.1) is 17.7 Å². The molecule has 0 radical (unpaired) electrons. The van der Waals surface area contributed by atoms with Crippen LogP contribution < -0.4 is 4.74 Å². The minimum atomic E-state index is -0.297. The van der Waals surface area contributed by atoms with Gasteiger partial charge < -0.3 is 9.15 Å². The summed E-state index contributed by atoms with van der Waals surface area (Å²) in [6.45, 7) is 0.329. The zero-order valence-electron chi connectivity index (χ0n) is 15.9. The Kier molecular flexibility index (Phi) is 5.02. The maximum Gasteiger partial charge on any atom is 0.266 e. The van der Waals surface area contributed by atoms with Crippen molar-refractivity contribution in [3.8, 4) is 5.75 Å². The summed E-state index contributed by atoms with van der Waals surface area (Å²) in [6, 6.07) is 21.5. The number of fused-ring (bicyclic) bond motifs is 1. The van der Waals surface area contributed by atoms with Gasteiger partial charge >= 0.3 is 0 Å². The molecular formula is C24H17NO3S2. The number of amides is 1. The van der Waals surface area contributed by atoms with Gasteiger partial charge in [-0.25, -0.2) is 0 Å². The SMILES string of the molecule is O=C1/C(=C/C2=Cc3ccccc3OC2c2ccccc2)SC(=S)N1Cc1ccco1. The number of hydrogen-bond acceptors (Lipinski definition) is 5. The van der Waals surface area contributed by atoms with Crippen molar-refractivity contribution in [3.63, 3.8) is 0 Å². The number of para-hydroxylation sites is 1. The molecule has 0 saturated carbocycles. The van der Waals surface area contributed by atoms with Gasteiger partial charge in [-0.2, -0.15) is 0 Å². The zero-order chi connectivity index (χ0) is 20.5. The summed E-state index contributed by atoms with van der Waals surface area (Å²) in [6.07, 6.45) is 5.27. The molecule has 1 saturated heterocycles. The lowest BCUT2D eigenvalue weighted by molar-refractivity contribution is -0.122. The number of thiocarbonyl (C=S) groups is 1. The van der Waals surface area contributed by atoms with Gasteiger partial charge in [-0.3, -0.25) is 9.69 Å². The van der Waals surface area contributed by atoms with Crippen LogP contribution in [0.4, 0.5) is 0 Å². The van der Waals surface area contributed by atoms with E-state index in [2.05, 4.69) is 6.08 Å². The summed E-state index contributed by atoms with van der Waals surface area (Å²) in [7, 11) is 0. The number of ether oxygens (including phenoxy) is 1. The first-order valence-electron chi connectivity index (χ1n) is 9.49. The lowest BCUT2D eigenvalue weighted by atomic mass is 9.95. The van der Waals surface area contributed by atoms with Crippen LogP contribution in [-0.2, 0) is 11.3 Å². The number of carbonyl (C=O) groups excluding carboxylic acids is 1. The average molecular weight is 432 g/mol. The fourth-order valence-electron chi connectivity index (χ4n) is 3.51. The highest BCUT2D eigenvalue weighted by atomic mass is 32.2. The van der Waals surface area contributed by atoms with E-state index in [-0.39, 0.29) is 12.0 Å². The highest BCUT2D eigenvalue weighted by Crippen LogP contribution is 2.41. The Labute approximate surface area is 183 Å². The second kappa shape index (κ2) is 7.97. The lowest BCUT2D eigenvalue weighted by Crippen LogP contribution is -2.27. The third-order valence-electron chi connectivity index (χ3n) is 4.96. The number of rotatable bonds is 4. The molecule has 2 aliphatic rings. The molecule has 6 heteroatoms. The van der Waals surface area contributed by atoms with Crippen LogP contribution in [0.5, 0.6) is 5.75 Å². The van der Waals surface area contributed by atoms with Crippen molar-refractivity contribution in [2.75, 3.05) is 0 Å². The second-order valence-corrected chi connectivity index (χ2v) is 8.61. The maximum atomic E-state index is 13.0. The van der Waals surface area contributed by atoms with Crippen LogP contribution in [0.15, 0.2) is 94.0 Å². The molecule has 148 valence electrons. The van der Waals surface area contributed by atoms with Crippen molar-refractivity contribution >= 4 is 40.3 Å². The van der Waals surface area contributed by atoms with Gasteiger partial charge in [0, 0.05) is 5.56 Å². The number of nitrogens with zero attached hydrogens (tertiary/aromatic N) is 1. The molecule has 0 bridgehead atoms. The number of thioether (sulfide) groups is 1. The van der Waals surface area contributed by atoms with E-state index in [9.17, 15) is 4.79 Å². The Morgan fingerprint density at radius 3 is 2.63 bits per heavy atom. The highest BCUT2D eigenvalue weighted by molar-refractivity contribution is 8.26. The summed E-state index contributed by atoms with van der Waals surface area (Å²) in [4.78, 5) is 15.2. The normalized spacial score (nSPS) is 19.6. The highest BCUT2D eigenvalue weighted by Gasteiger charge is 2.34. The van der Waals surface area contributed by atoms with Gasteiger partial charge in [-0.05, 0) is 41.5 Å². The monoisotopic (exact) mass is 431 g/mol. The van der Waals surface area contributed by atoms with Crippen LogP contribution in [-0.4, -0.2) is 15.1 Å². The third-order valence-corrected chi connectivity index (χ3v) is 6.33. The summed E-state index contributed by atoms with van der Waals surface area (Å²) in [5, 5.41) is 0. The Bertz CT molecular complexity index is 1170. The van der Waals surface area contributed by atoms with Crippen molar-refractivity contribution in [3.05, 3.63) is 106 Å². The van der Waals surface area contributed by atoms with Crippen molar-refractivity contribution in [1.82, 2.24) is 4.90 Å². The molecule has 1 aromatic heterocycles. The minimum absolute atomic E-state index is 0.118. The first kappa shape index (κ1) is 18.9. The van der Waals surface area contributed by atoms with Crippen LogP contribution in [0.25, 0.3) is 6.08 Å². The Morgan fingerprint density at radius 1 is 1.03 bits per heavy atom. The molecule has 1 fully saturated rings. The van der Waals surface area contributed by atoms with Crippen LogP contribution >= 0.6 is 24.0 Å². The Morgan fingerprint density at radius 2 is 1.83 bits per heavy atom. The summed E-state index contributed by atoms with van der Waals surface area (Å²) < 4.78 is 12.2. The molecule has 3 heterocycles. The summed E-state index contributed by atoms with van der Waals surface area (Å²) in [5.74, 6) is 1.41. The zero-order valence-corrected chi connectivity index (χ0v) is 17.5. The van der Waals surface area contributed by atoms with E-state index in [1.807, 2.05) is 66.7 Å². The van der Waals surface area contributed by atoms with Gasteiger partial charge in [-0.1, -0.05) is 72.5 Å². The number of benzene rings is 2. The van der Waals surface area contributed by atoms with E-state index in [1.165, 1.54) is 11.8 Å². The molecule has 0 N–H and O–H groups in total. The maximum absolute atomic E-state index is 13.0. The van der Waals surface area contributed by atoms with Crippen LogP contribution in [0, 0.1) is 0 Å². The number of carbonyl (C=O) groups is 1. The largest absolute Gasteiger partial charge is 0.480 e. The fourth-order valence-corrected chi connectivity index (χ4v) is 4.76. The summed E-state index contributed by atoms with van der Waals surface area (Å²) in [5.41, 5.74) is 2.93. The number of hydrogen-bond donors (Lipinski definition) is 0. The third kappa shape index (κ3) is 3.60. The second-order valence-electron chi connectivity index (χ2n) is 6.94. The van der Waals surface area contributed by atoms with E-state index < -0.39 is 0 Å². The van der Waals surface area contributed by atoms with Gasteiger partial charge in [0.25, 0.3) is 5.91 Å². The van der Waals surface area contributed by atoms with Crippen LogP contribution in [0.1, 0.15) is 23.0 Å². The van der Waals surface area contributed by atoms with Gasteiger partial charge in [0.2, 0.25) is 0 Å². The molecule has 3 aromatic rings. The van der Waals surface area contributed by atoms with E-state index in [1.54, 1.807) is 17.2 Å². The molecule has 2 aliphatic heterocycles. The first-order valence-corrected chi connectivity index (χ1v) is 10.7. The Balaban J connectivity index is 1.50. The van der Waals surface area contributed by atoms with Gasteiger partial charge in [-0.15, -0.1) is 0 Å². The Hall–Kier alpha value is -3.09. The average Bonchev–Trinajstić information content (AvgIpc) is 3.38. The fraction of sp³-hybridized carbons (Fsp3) is 0.0833. The molecule has 0 aliphatic carbocycles. The quantitative estimate of drug-likeness (QED) is 0.389. The van der Waals surface area contributed by atoms with E-state index in [0.29, 0.717) is 21.5 Å². The topological polar surface area (TPSA) is 42.7 Å². The summed E-state index contributed by atoms with van der Waals surface area (Å²) >= 11 is 6.76. The van der Waals surface area contributed by atoms with E-state index in [4.69, 9.17) is 21.4 Å². The molecule has 1 unspecified atom stereocenters. The molecule has 1 amide bonds. The first-order chi connectivity index (χ1) is 14.7. The van der Waals surface area contributed by atoms with Crippen molar-refractivity contribution < 1.29 is 13.9 Å². The molecule has 2 aromatic carbocycles. The smallest absolute Gasteiger partial charge is 0.266 e. The molecule has 0 spiro atoms. The van der Waals surface area contributed by atoms with Gasteiger partial charge in [0.1, 0.15) is 21.9 Å². The molecular weight excluding hydrogens is 414 g/mol. The lowest BCUT2D eigenvalue weighted by Gasteiger charge is -2.26. The predicted octanol–water partition coefficient (Wildman–Crippen LogP) is 5.74. The van der Waals surface area contributed by atoms with Crippen molar-refractivity contribution in [1.29, 1.82) is 0 Å². The van der Waals surface area contributed by atoms with Crippen molar-refractivity contribution in [2.45, 2.75) is 12.6 Å². The molecule has 1 atom stereocenters. The minimum Gasteiger partial charge on any atom is -0.480 e. The molecule has 4 nitrogen and oxygen atoms in total. The number of furan rings is 1. The van der Waals surface area contributed by atoms with Crippen molar-refractivity contribution in [2.24, 2.45) is 0 Å². The predicted molar refractivity (Wildman–Crippen MR) is 122 cm³/mol. The standard InChI is InChI=1S/C24H17NO3S2/c26-23-21(30-24(29)25(23)15-19-10-6-12-27-19)14-18-13-17-9-4-5-11-20(17)28-22(18)16-7-2-1-3-8-16/h1-14,22H,15H2/b21-14-. The van der Waals surface area contributed by atoms with Crippen LogP contribution in [0.3, 0.4) is 0 Å². The molecule has 30 heavy (non-hydrogen) atoms. The van der Waals surface area contributed by atoms with Gasteiger partial charge in [0.15, 0.2) is 0 Å². The van der Waals surface area contributed by atoms with Crippen LogP contribution in [0.2, 0.25) is 0 Å². The van der Waals surface area contributed by atoms with E-state index >= 15 is 0 Å².